The van der Waals surface area contributed by atoms with Gasteiger partial charge in [0.15, 0.2) is 0 Å². The van der Waals surface area contributed by atoms with E-state index in [1.54, 1.807) is 0 Å². The van der Waals surface area contributed by atoms with Crippen molar-refractivity contribution < 1.29 is 14.4 Å². The molecule has 0 aromatic heterocycles. The van der Waals surface area contributed by atoms with E-state index >= 15 is 0 Å². The molecule has 160 valence electrons. The van der Waals surface area contributed by atoms with Crippen LogP contribution in [0, 0.1) is 5.92 Å². The van der Waals surface area contributed by atoms with Gasteiger partial charge in [-0.15, -0.1) is 0 Å². The van der Waals surface area contributed by atoms with Gasteiger partial charge in [0, 0.05) is 51.6 Å². The van der Waals surface area contributed by atoms with Crippen molar-refractivity contribution in [3.05, 3.63) is 0 Å². The van der Waals surface area contributed by atoms with Gasteiger partial charge in [-0.3, -0.25) is 19.3 Å². The zero-order valence-corrected chi connectivity index (χ0v) is 17.5. The van der Waals surface area contributed by atoms with E-state index in [9.17, 15) is 9.59 Å². The summed E-state index contributed by atoms with van der Waals surface area (Å²) in [5.74, 6) is 0.992. The Hall–Kier alpha value is -1.18. The molecule has 3 fully saturated rings. The SMILES string of the molecule is CCN1CCC[C@@H]1CNC(=O)CCC1CCN(C(=O)CCN2CCCO2)CC1. The first-order valence-corrected chi connectivity index (χ1v) is 11.3. The fourth-order valence-electron chi connectivity index (χ4n) is 4.72. The molecule has 0 unspecified atom stereocenters. The minimum absolute atomic E-state index is 0.187. The van der Waals surface area contributed by atoms with Crippen molar-refractivity contribution in [3.63, 3.8) is 0 Å². The van der Waals surface area contributed by atoms with Crippen molar-refractivity contribution >= 4 is 11.8 Å². The standard InChI is InChI=1S/C21H38N4O3/c1-2-23-11-3-5-19(23)17-22-20(26)7-6-18-8-13-24(14-9-18)21(27)10-15-25-12-4-16-28-25/h18-19H,2-17H2,1H3,(H,22,26)/t19-/m1/s1. The Balaban J connectivity index is 1.25. The third kappa shape index (κ3) is 6.42. The second-order valence-electron chi connectivity index (χ2n) is 8.46. The molecule has 0 radical (unpaired) electrons. The lowest BCUT2D eigenvalue weighted by Gasteiger charge is -2.32. The number of hydrogen-bond donors (Lipinski definition) is 1. The summed E-state index contributed by atoms with van der Waals surface area (Å²) < 4.78 is 0. The average Bonchev–Trinajstić information content (AvgIpc) is 3.40. The summed E-state index contributed by atoms with van der Waals surface area (Å²) in [6.07, 6.45) is 7.65. The Morgan fingerprint density at radius 1 is 1.04 bits per heavy atom. The maximum absolute atomic E-state index is 12.4. The van der Waals surface area contributed by atoms with Crippen LogP contribution in [0.4, 0.5) is 0 Å². The van der Waals surface area contributed by atoms with Crippen LogP contribution in [-0.2, 0) is 14.4 Å². The van der Waals surface area contributed by atoms with Crippen molar-refractivity contribution in [1.82, 2.24) is 20.2 Å². The first-order chi connectivity index (χ1) is 13.7. The van der Waals surface area contributed by atoms with E-state index in [4.69, 9.17) is 4.84 Å². The van der Waals surface area contributed by atoms with Gasteiger partial charge in [-0.2, -0.15) is 5.06 Å². The highest BCUT2D eigenvalue weighted by Gasteiger charge is 2.25. The molecule has 3 heterocycles. The normalized spacial score (nSPS) is 24.8. The number of rotatable bonds is 9. The van der Waals surface area contributed by atoms with Gasteiger partial charge < -0.3 is 10.2 Å². The number of amides is 2. The maximum Gasteiger partial charge on any atom is 0.223 e. The highest BCUT2D eigenvalue weighted by molar-refractivity contribution is 5.76. The summed E-state index contributed by atoms with van der Waals surface area (Å²) in [6, 6.07) is 0.522. The molecular weight excluding hydrogens is 356 g/mol. The van der Waals surface area contributed by atoms with E-state index < -0.39 is 0 Å². The van der Waals surface area contributed by atoms with Crippen LogP contribution in [0.5, 0.6) is 0 Å². The molecule has 2 amide bonds. The second kappa shape index (κ2) is 11.1. The third-order valence-corrected chi connectivity index (χ3v) is 6.59. The molecule has 28 heavy (non-hydrogen) atoms. The van der Waals surface area contributed by atoms with Gasteiger partial charge in [0.25, 0.3) is 0 Å². The van der Waals surface area contributed by atoms with Crippen LogP contribution in [0.1, 0.15) is 58.3 Å². The Morgan fingerprint density at radius 2 is 1.86 bits per heavy atom. The van der Waals surface area contributed by atoms with Crippen LogP contribution < -0.4 is 5.32 Å². The molecule has 7 nitrogen and oxygen atoms in total. The van der Waals surface area contributed by atoms with Crippen molar-refractivity contribution in [2.75, 3.05) is 52.4 Å². The van der Waals surface area contributed by atoms with Crippen LogP contribution in [0.3, 0.4) is 0 Å². The number of carbonyl (C=O) groups is 2. The smallest absolute Gasteiger partial charge is 0.223 e. The van der Waals surface area contributed by atoms with Gasteiger partial charge in [0.05, 0.1) is 6.61 Å². The molecule has 0 bridgehead atoms. The molecule has 1 atom stereocenters. The molecule has 3 saturated heterocycles. The van der Waals surface area contributed by atoms with Crippen molar-refractivity contribution in [2.45, 2.75) is 64.3 Å². The first kappa shape index (κ1) is 21.5. The minimum Gasteiger partial charge on any atom is -0.355 e. The number of likely N-dealkylation sites (tertiary alicyclic amines) is 2. The fourth-order valence-corrected chi connectivity index (χ4v) is 4.72. The van der Waals surface area contributed by atoms with E-state index in [-0.39, 0.29) is 11.8 Å². The molecular formula is C21H38N4O3. The summed E-state index contributed by atoms with van der Waals surface area (Å²) in [5, 5.41) is 5.05. The van der Waals surface area contributed by atoms with Gasteiger partial charge in [-0.25, -0.2) is 0 Å². The maximum atomic E-state index is 12.4. The molecule has 0 aromatic carbocycles. The van der Waals surface area contributed by atoms with Crippen molar-refractivity contribution in [1.29, 1.82) is 0 Å². The first-order valence-electron chi connectivity index (χ1n) is 11.3. The number of nitrogens with one attached hydrogen (secondary N) is 1. The number of piperidine rings is 1. The quantitative estimate of drug-likeness (QED) is 0.644. The van der Waals surface area contributed by atoms with E-state index in [1.165, 1.54) is 19.4 Å². The Kier molecular flexibility index (Phi) is 8.55. The van der Waals surface area contributed by atoms with E-state index in [1.807, 2.05) is 9.96 Å². The van der Waals surface area contributed by atoms with Gasteiger partial charge in [-0.05, 0) is 57.5 Å². The van der Waals surface area contributed by atoms with Gasteiger partial charge in [0.1, 0.15) is 0 Å². The lowest BCUT2D eigenvalue weighted by Crippen LogP contribution is -2.41. The second-order valence-corrected chi connectivity index (χ2v) is 8.46. The van der Waals surface area contributed by atoms with Crippen molar-refractivity contribution in [3.8, 4) is 0 Å². The van der Waals surface area contributed by atoms with Gasteiger partial charge in [-0.1, -0.05) is 6.92 Å². The highest BCUT2D eigenvalue weighted by atomic mass is 16.7. The predicted octanol–water partition coefficient (Wildman–Crippen LogP) is 1.63. The van der Waals surface area contributed by atoms with Gasteiger partial charge in [0.2, 0.25) is 11.8 Å². The van der Waals surface area contributed by atoms with Crippen molar-refractivity contribution in [2.24, 2.45) is 5.92 Å². The Morgan fingerprint density at radius 3 is 2.57 bits per heavy atom. The number of carbonyl (C=O) groups excluding carboxylic acids is 2. The van der Waals surface area contributed by atoms with Gasteiger partial charge >= 0.3 is 0 Å². The summed E-state index contributed by atoms with van der Waals surface area (Å²) in [7, 11) is 0. The summed E-state index contributed by atoms with van der Waals surface area (Å²) in [6.45, 7) is 9.31. The molecule has 7 heteroatoms. The van der Waals surface area contributed by atoms with E-state index in [0.717, 1.165) is 65.0 Å². The molecule has 0 spiro atoms. The monoisotopic (exact) mass is 394 g/mol. The zero-order chi connectivity index (χ0) is 19.8. The average molecular weight is 395 g/mol. The Bertz CT molecular complexity index is 502. The Labute approximate surface area is 169 Å². The lowest BCUT2D eigenvalue weighted by molar-refractivity contribution is -0.140. The number of likely N-dealkylation sites (N-methyl/N-ethyl adjacent to an activating group) is 1. The summed E-state index contributed by atoms with van der Waals surface area (Å²) in [4.78, 5) is 34.5. The topological polar surface area (TPSA) is 65.1 Å². The third-order valence-electron chi connectivity index (χ3n) is 6.59. The predicted molar refractivity (Wildman–Crippen MR) is 109 cm³/mol. The highest BCUT2D eigenvalue weighted by Crippen LogP contribution is 2.22. The lowest BCUT2D eigenvalue weighted by atomic mass is 9.92. The molecule has 3 rings (SSSR count). The molecule has 1 N–H and O–H groups in total. The van der Waals surface area contributed by atoms with E-state index in [0.29, 0.717) is 31.3 Å². The fraction of sp³-hybridized carbons (Fsp3) is 0.905. The van der Waals surface area contributed by atoms with Crippen LogP contribution in [0.25, 0.3) is 0 Å². The molecule has 3 aliphatic heterocycles. The van der Waals surface area contributed by atoms with Crippen LogP contribution in [-0.4, -0.2) is 85.1 Å². The molecule has 0 aromatic rings. The zero-order valence-electron chi connectivity index (χ0n) is 17.5. The molecule has 3 aliphatic rings. The van der Waals surface area contributed by atoms with Crippen LogP contribution in [0.15, 0.2) is 0 Å². The molecule has 0 aliphatic carbocycles. The van der Waals surface area contributed by atoms with E-state index in [2.05, 4.69) is 17.1 Å². The summed E-state index contributed by atoms with van der Waals surface area (Å²) in [5.41, 5.74) is 0. The number of nitrogens with zero attached hydrogens (tertiary/aromatic N) is 3. The largest absolute Gasteiger partial charge is 0.355 e. The summed E-state index contributed by atoms with van der Waals surface area (Å²) >= 11 is 0. The van der Waals surface area contributed by atoms with Crippen LogP contribution in [0.2, 0.25) is 0 Å². The molecule has 0 saturated carbocycles. The minimum atomic E-state index is 0.187. The van der Waals surface area contributed by atoms with Crippen LogP contribution >= 0.6 is 0 Å². The number of hydroxylamine groups is 2. The number of hydrogen-bond acceptors (Lipinski definition) is 5.